The molecule has 0 aliphatic carbocycles. The lowest BCUT2D eigenvalue weighted by Gasteiger charge is -2.31. The van der Waals surface area contributed by atoms with E-state index in [0.29, 0.717) is 17.1 Å². The van der Waals surface area contributed by atoms with Gasteiger partial charge in [-0.1, -0.05) is 0 Å². The number of aromatic carboxylic acids is 1. The summed E-state index contributed by atoms with van der Waals surface area (Å²) in [4.78, 5) is 27.9. The van der Waals surface area contributed by atoms with Gasteiger partial charge in [0, 0.05) is 38.1 Å². The summed E-state index contributed by atoms with van der Waals surface area (Å²) in [5.74, 6) is 2.06. The maximum Gasteiger partial charge on any atom is 0.394 e. The van der Waals surface area contributed by atoms with Crippen molar-refractivity contribution in [3.63, 3.8) is 0 Å². The number of carboxylic acid groups (broad SMARTS) is 1. The van der Waals surface area contributed by atoms with Crippen molar-refractivity contribution in [3.8, 4) is 0 Å². The molecule has 2 aromatic rings. The van der Waals surface area contributed by atoms with Crippen LogP contribution < -0.4 is 21.6 Å². The Hall–Kier alpha value is -3.11. The summed E-state index contributed by atoms with van der Waals surface area (Å²) in [5, 5.41) is 10.7. The molecule has 0 atom stereocenters. The number of quaternary nitrogens is 1. The third-order valence-electron chi connectivity index (χ3n) is 4.63. The fourth-order valence-corrected chi connectivity index (χ4v) is 2.98. The minimum absolute atomic E-state index is 0.00101. The third-order valence-corrected chi connectivity index (χ3v) is 4.63. The van der Waals surface area contributed by atoms with Crippen LogP contribution in [0.1, 0.15) is 33.6 Å². The number of rotatable bonds is 5. The van der Waals surface area contributed by atoms with Crippen molar-refractivity contribution in [1.82, 2.24) is 4.90 Å². The molecule has 0 saturated carbocycles. The number of hydrogen-bond donors (Lipinski definition) is 4. The van der Waals surface area contributed by atoms with Crippen LogP contribution in [0.3, 0.4) is 0 Å². The molecule has 8 nitrogen and oxygen atoms in total. The normalized spacial score (nSPS) is 15.9. The zero-order valence-corrected chi connectivity index (χ0v) is 14.9. The fourth-order valence-electron chi connectivity index (χ4n) is 2.98. The molecule has 2 heterocycles. The molecular weight excluding hydrogens is 372 g/mol. The topological polar surface area (TPSA) is 126 Å². The Morgan fingerprint density at radius 2 is 1.82 bits per heavy atom. The lowest BCUT2D eigenvalue weighted by atomic mass is 10.1. The lowest BCUT2D eigenvalue weighted by Crippen LogP contribution is -2.74. The summed E-state index contributed by atoms with van der Waals surface area (Å²) in [7, 11) is 0. The number of carboxylic acids is 1. The SMILES string of the molecule is NNc1cc(C(=O)N2CCC(F)(F)CC2)c[nH+]c1[NH2+]c1ccc(C(=O)O)cc1. The molecule has 0 unspecified atom stereocenters. The van der Waals surface area contributed by atoms with Gasteiger partial charge in [-0.25, -0.2) is 18.9 Å². The van der Waals surface area contributed by atoms with Crippen molar-refractivity contribution in [3.05, 3.63) is 47.7 Å². The van der Waals surface area contributed by atoms with Gasteiger partial charge in [0.2, 0.25) is 0 Å². The van der Waals surface area contributed by atoms with Crippen molar-refractivity contribution in [1.29, 1.82) is 0 Å². The van der Waals surface area contributed by atoms with E-state index in [1.165, 1.54) is 23.2 Å². The number of aromatic amines is 1. The predicted octanol–water partition coefficient (Wildman–Crippen LogP) is 0.882. The molecule has 1 amide bonds. The van der Waals surface area contributed by atoms with Crippen molar-refractivity contribution in [2.45, 2.75) is 18.8 Å². The van der Waals surface area contributed by atoms with Gasteiger partial charge in [-0.2, -0.15) is 4.98 Å². The number of nitrogen functional groups attached to an aromatic ring is 1. The van der Waals surface area contributed by atoms with Gasteiger partial charge in [-0.3, -0.25) is 10.6 Å². The van der Waals surface area contributed by atoms with Crippen LogP contribution in [0.15, 0.2) is 36.5 Å². The number of carbonyl (C=O) groups is 2. The van der Waals surface area contributed by atoms with Crippen LogP contribution in [-0.4, -0.2) is 40.9 Å². The number of H-pyrrole nitrogens is 1. The summed E-state index contributed by atoms with van der Waals surface area (Å²) < 4.78 is 26.6. The van der Waals surface area contributed by atoms with E-state index in [4.69, 9.17) is 10.9 Å². The van der Waals surface area contributed by atoms with Crippen LogP contribution in [0.5, 0.6) is 0 Å². The maximum absolute atomic E-state index is 13.3. The Kier molecular flexibility index (Phi) is 5.52. The quantitative estimate of drug-likeness (QED) is 0.341. The van der Waals surface area contributed by atoms with Crippen molar-refractivity contribution in [2.24, 2.45) is 5.84 Å². The van der Waals surface area contributed by atoms with Gasteiger partial charge in [-0.15, -0.1) is 0 Å². The molecule has 1 fully saturated rings. The molecule has 0 bridgehead atoms. The first-order valence-corrected chi connectivity index (χ1v) is 8.67. The third kappa shape index (κ3) is 4.41. The van der Waals surface area contributed by atoms with Gasteiger partial charge in [0.05, 0.1) is 5.56 Å². The number of hydrazine groups is 1. The van der Waals surface area contributed by atoms with E-state index < -0.39 is 11.9 Å². The van der Waals surface area contributed by atoms with E-state index in [1.807, 2.05) is 0 Å². The average Bonchev–Trinajstić information content (AvgIpc) is 2.68. The van der Waals surface area contributed by atoms with Crippen LogP contribution in [0, 0.1) is 0 Å². The standard InChI is InChI=1S/C18H19F2N5O3/c19-18(20)5-7-25(8-6-18)16(26)12-9-14(24-21)15(22-10-12)23-13-3-1-11(2-4-13)17(27)28/h1-4,9-10,24H,5-8,21H2,(H,22,23)(H,27,28)/p+2. The van der Waals surface area contributed by atoms with Gasteiger partial charge in [0.15, 0.2) is 11.9 Å². The average molecular weight is 393 g/mol. The molecule has 1 aromatic heterocycles. The molecule has 1 aromatic carbocycles. The van der Waals surface area contributed by atoms with Crippen LogP contribution >= 0.6 is 0 Å². The molecule has 10 heteroatoms. The van der Waals surface area contributed by atoms with Crippen molar-refractivity contribution >= 4 is 29.1 Å². The monoisotopic (exact) mass is 393 g/mol. The lowest BCUT2D eigenvalue weighted by molar-refractivity contribution is -0.583. The Bertz CT molecular complexity index is 879. The number of nitrogens with one attached hydrogen (secondary N) is 2. The number of nitrogens with zero attached hydrogens (tertiary/aromatic N) is 1. The summed E-state index contributed by atoms with van der Waals surface area (Å²) >= 11 is 0. The summed E-state index contributed by atoms with van der Waals surface area (Å²) in [6.07, 6.45) is 0.804. The first-order valence-electron chi connectivity index (χ1n) is 8.67. The molecular formula is C18H21F2N5O3+2. The number of likely N-dealkylation sites (tertiary alicyclic amines) is 1. The van der Waals surface area contributed by atoms with Crippen LogP contribution in [0.2, 0.25) is 0 Å². The van der Waals surface area contributed by atoms with E-state index >= 15 is 0 Å². The highest BCUT2D eigenvalue weighted by Crippen LogP contribution is 2.28. The first kappa shape index (κ1) is 19.6. The van der Waals surface area contributed by atoms with Crippen LogP contribution in [0.25, 0.3) is 0 Å². The Morgan fingerprint density at radius 3 is 2.39 bits per heavy atom. The van der Waals surface area contributed by atoms with Crippen molar-refractivity contribution < 1.29 is 33.8 Å². The predicted molar refractivity (Wildman–Crippen MR) is 95.5 cm³/mol. The highest BCUT2D eigenvalue weighted by molar-refractivity contribution is 5.95. The van der Waals surface area contributed by atoms with E-state index in [-0.39, 0.29) is 37.4 Å². The zero-order chi connectivity index (χ0) is 20.3. The smallest absolute Gasteiger partial charge is 0.394 e. The largest absolute Gasteiger partial charge is 0.478 e. The number of hydrogen-bond acceptors (Lipinski definition) is 4. The molecule has 148 valence electrons. The van der Waals surface area contributed by atoms with Crippen molar-refractivity contribution in [2.75, 3.05) is 18.5 Å². The minimum atomic E-state index is -2.72. The van der Waals surface area contributed by atoms with E-state index in [0.717, 1.165) is 5.69 Å². The second-order valence-corrected chi connectivity index (χ2v) is 6.58. The number of halogens is 2. The Labute approximate surface area is 159 Å². The number of anilines is 1. The van der Waals surface area contributed by atoms with Gasteiger partial charge in [-0.05, 0) is 18.2 Å². The molecule has 1 aliphatic heterocycles. The number of alkyl halides is 2. The second-order valence-electron chi connectivity index (χ2n) is 6.58. The molecule has 3 rings (SSSR count). The summed E-state index contributed by atoms with van der Waals surface area (Å²) in [5.41, 5.74) is 4.16. The van der Waals surface area contributed by atoms with Crippen LogP contribution in [-0.2, 0) is 0 Å². The molecule has 28 heavy (non-hydrogen) atoms. The molecule has 1 aliphatic rings. The summed E-state index contributed by atoms with van der Waals surface area (Å²) in [6, 6.07) is 7.79. The van der Waals surface area contributed by atoms with Gasteiger partial charge in [0.25, 0.3) is 11.8 Å². The van der Waals surface area contributed by atoms with E-state index in [2.05, 4.69) is 10.4 Å². The number of benzene rings is 1. The first-order chi connectivity index (χ1) is 13.3. The number of pyridine rings is 1. The molecule has 0 spiro atoms. The van der Waals surface area contributed by atoms with E-state index in [9.17, 15) is 18.4 Å². The highest BCUT2D eigenvalue weighted by atomic mass is 19.3. The number of amides is 1. The van der Waals surface area contributed by atoms with Gasteiger partial charge >= 0.3 is 11.8 Å². The highest BCUT2D eigenvalue weighted by Gasteiger charge is 2.36. The van der Waals surface area contributed by atoms with Crippen LogP contribution in [0.4, 0.5) is 26.0 Å². The Morgan fingerprint density at radius 1 is 1.18 bits per heavy atom. The number of nitrogens with two attached hydrogens (primary N) is 2. The Balaban J connectivity index is 1.75. The van der Waals surface area contributed by atoms with Gasteiger partial charge in [0.1, 0.15) is 11.3 Å². The zero-order valence-electron chi connectivity index (χ0n) is 14.9. The molecule has 1 saturated heterocycles. The fraction of sp³-hybridized carbons (Fsp3) is 0.278. The number of carbonyl (C=O) groups excluding carboxylic acids is 1. The van der Waals surface area contributed by atoms with Gasteiger partial charge < -0.3 is 15.4 Å². The molecule has 0 radical (unpaired) electrons. The van der Waals surface area contributed by atoms with E-state index in [1.54, 1.807) is 23.5 Å². The molecule has 7 N–H and O–H groups in total. The number of aromatic nitrogens is 1. The maximum atomic E-state index is 13.3. The minimum Gasteiger partial charge on any atom is -0.478 e. The summed E-state index contributed by atoms with van der Waals surface area (Å²) in [6.45, 7) is 0.00203. The second kappa shape index (κ2) is 7.87. The number of piperidine rings is 1.